The third-order valence-corrected chi connectivity index (χ3v) is 3.17. The zero-order chi connectivity index (χ0) is 12.1. The maximum absolute atomic E-state index is 4.40. The smallest absolute Gasteiger partial charge is 0.190 e. The Morgan fingerprint density at radius 1 is 1.41 bits per heavy atom. The van der Waals surface area contributed by atoms with Crippen molar-refractivity contribution < 1.29 is 0 Å². The molecule has 2 aromatic rings. The lowest BCUT2D eigenvalue weighted by atomic mass is 10.5. The quantitative estimate of drug-likeness (QED) is 0.487. The van der Waals surface area contributed by atoms with Crippen molar-refractivity contribution in [3.63, 3.8) is 0 Å². The van der Waals surface area contributed by atoms with Gasteiger partial charge in [0.25, 0.3) is 0 Å². The van der Waals surface area contributed by atoms with Crippen LogP contribution in [0.1, 0.15) is 6.92 Å². The van der Waals surface area contributed by atoms with Crippen molar-refractivity contribution in [3.8, 4) is 0 Å². The van der Waals surface area contributed by atoms with E-state index in [1.807, 2.05) is 19.2 Å². The number of aromatic amines is 1. The van der Waals surface area contributed by atoms with Crippen LogP contribution in [0.15, 0.2) is 27.7 Å². The van der Waals surface area contributed by atoms with E-state index >= 15 is 0 Å². The van der Waals surface area contributed by atoms with Crippen molar-refractivity contribution in [1.82, 2.24) is 25.1 Å². The van der Waals surface area contributed by atoms with Crippen molar-refractivity contribution in [2.24, 2.45) is 0 Å². The van der Waals surface area contributed by atoms with E-state index < -0.39 is 0 Å². The van der Waals surface area contributed by atoms with Crippen LogP contribution >= 0.6 is 23.5 Å². The largest absolute Gasteiger partial charge is 0.370 e. The van der Waals surface area contributed by atoms with Gasteiger partial charge < -0.3 is 5.32 Å². The van der Waals surface area contributed by atoms with Crippen LogP contribution in [0.5, 0.6) is 0 Å². The molecule has 0 amide bonds. The SMILES string of the molecule is CCNc1cc(Sc2ncn[nH]2)nc(SC)n1. The molecule has 0 atom stereocenters. The molecule has 2 N–H and O–H groups in total. The van der Waals surface area contributed by atoms with Gasteiger partial charge >= 0.3 is 0 Å². The molecule has 6 nitrogen and oxygen atoms in total. The van der Waals surface area contributed by atoms with Crippen molar-refractivity contribution in [2.75, 3.05) is 18.1 Å². The van der Waals surface area contributed by atoms with E-state index in [1.54, 1.807) is 0 Å². The summed E-state index contributed by atoms with van der Waals surface area (Å²) in [6, 6.07) is 1.90. The summed E-state index contributed by atoms with van der Waals surface area (Å²) in [4.78, 5) is 12.8. The Labute approximate surface area is 107 Å². The number of anilines is 1. The van der Waals surface area contributed by atoms with Crippen LogP contribution in [0.25, 0.3) is 0 Å². The second-order valence-electron chi connectivity index (χ2n) is 3.00. The molecule has 90 valence electrons. The second kappa shape index (κ2) is 5.87. The van der Waals surface area contributed by atoms with Crippen LogP contribution in [0, 0.1) is 0 Å². The fraction of sp³-hybridized carbons (Fsp3) is 0.333. The molecule has 2 aromatic heterocycles. The fourth-order valence-electron chi connectivity index (χ4n) is 1.16. The molecule has 2 heterocycles. The molecule has 0 aliphatic heterocycles. The average molecular weight is 268 g/mol. The summed E-state index contributed by atoms with van der Waals surface area (Å²) in [7, 11) is 0. The Bertz CT molecular complexity index is 472. The summed E-state index contributed by atoms with van der Waals surface area (Å²) in [6.07, 6.45) is 3.43. The predicted octanol–water partition coefficient (Wildman–Crippen LogP) is 1.90. The zero-order valence-corrected chi connectivity index (χ0v) is 11.1. The van der Waals surface area contributed by atoms with Crippen LogP contribution < -0.4 is 5.32 Å². The average Bonchev–Trinajstić information content (AvgIpc) is 2.82. The van der Waals surface area contributed by atoms with E-state index in [9.17, 15) is 0 Å². The molecule has 0 spiro atoms. The monoisotopic (exact) mass is 268 g/mol. The summed E-state index contributed by atoms with van der Waals surface area (Å²) < 4.78 is 0. The molecule has 17 heavy (non-hydrogen) atoms. The summed E-state index contributed by atoms with van der Waals surface area (Å²) in [5, 5.41) is 12.1. The normalized spacial score (nSPS) is 10.5. The van der Waals surface area contributed by atoms with Gasteiger partial charge in [-0.1, -0.05) is 11.8 Å². The maximum atomic E-state index is 4.40. The Morgan fingerprint density at radius 2 is 2.29 bits per heavy atom. The van der Waals surface area contributed by atoms with Crippen molar-refractivity contribution in [2.45, 2.75) is 22.3 Å². The van der Waals surface area contributed by atoms with Crippen LogP contribution in [0.2, 0.25) is 0 Å². The molecule has 0 radical (unpaired) electrons. The second-order valence-corrected chi connectivity index (χ2v) is 4.78. The molecule has 0 saturated heterocycles. The van der Waals surface area contributed by atoms with Gasteiger partial charge in [-0.05, 0) is 24.9 Å². The Kier molecular flexibility index (Phi) is 4.21. The molecule has 0 saturated carbocycles. The highest BCUT2D eigenvalue weighted by Crippen LogP contribution is 2.25. The number of hydrogen-bond acceptors (Lipinski definition) is 7. The minimum absolute atomic E-state index is 0.721. The van der Waals surface area contributed by atoms with Crippen molar-refractivity contribution in [1.29, 1.82) is 0 Å². The standard InChI is InChI=1S/C9H12N6S2/c1-3-10-6-4-7(14-9(13-6)16-2)17-8-11-5-12-15-8/h4-5H,3H2,1-2H3,(H,10,13,14)(H,11,12,15). The first kappa shape index (κ1) is 12.2. The number of aromatic nitrogens is 5. The Morgan fingerprint density at radius 3 is 2.94 bits per heavy atom. The van der Waals surface area contributed by atoms with Crippen LogP contribution in [0.3, 0.4) is 0 Å². The molecule has 0 aliphatic carbocycles. The summed E-state index contributed by atoms with van der Waals surface area (Å²) in [5.74, 6) is 0.828. The van der Waals surface area contributed by atoms with Gasteiger partial charge in [-0.15, -0.1) is 0 Å². The van der Waals surface area contributed by atoms with Crippen LogP contribution in [-0.2, 0) is 0 Å². The number of thioether (sulfide) groups is 1. The lowest BCUT2D eigenvalue weighted by Crippen LogP contribution is -2.01. The molecule has 0 bridgehead atoms. The van der Waals surface area contributed by atoms with Gasteiger partial charge in [-0.25, -0.2) is 15.0 Å². The first-order chi connectivity index (χ1) is 8.31. The van der Waals surface area contributed by atoms with E-state index in [0.717, 1.165) is 27.7 Å². The Hall–Kier alpha value is -1.28. The van der Waals surface area contributed by atoms with E-state index in [1.165, 1.54) is 29.9 Å². The molecular weight excluding hydrogens is 256 g/mol. The van der Waals surface area contributed by atoms with Crippen LogP contribution in [0.4, 0.5) is 5.82 Å². The van der Waals surface area contributed by atoms with Gasteiger partial charge in [0, 0.05) is 12.6 Å². The highest BCUT2D eigenvalue weighted by Gasteiger charge is 2.06. The van der Waals surface area contributed by atoms with Gasteiger partial charge in [0.2, 0.25) is 0 Å². The third kappa shape index (κ3) is 3.34. The predicted molar refractivity (Wildman–Crippen MR) is 68.5 cm³/mol. The first-order valence-corrected chi connectivity index (χ1v) is 7.06. The Balaban J connectivity index is 2.23. The van der Waals surface area contributed by atoms with E-state index in [2.05, 4.69) is 30.5 Å². The fourth-order valence-corrected chi connectivity index (χ4v) is 2.30. The zero-order valence-electron chi connectivity index (χ0n) is 9.47. The van der Waals surface area contributed by atoms with E-state index in [4.69, 9.17) is 0 Å². The number of nitrogens with one attached hydrogen (secondary N) is 2. The number of H-pyrrole nitrogens is 1. The van der Waals surface area contributed by atoms with Gasteiger partial charge in [0.15, 0.2) is 10.3 Å². The van der Waals surface area contributed by atoms with Crippen LogP contribution in [-0.4, -0.2) is 37.9 Å². The number of rotatable bonds is 5. The summed E-state index contributed by atoms with van der Waals surface area (Å²) in [5.41, 5.74) is 0. The molecule has 0 aromatic carbocycles. The third-order valence-electron chi connectivity index (χ3n) is 1.82. The molecule has 2 rings (SSSR count). The van der Waals surface area contributed by atoms with Crippen molar-refractivity contribution in [3.05, 3.63) is 12.4 Å². The van der Waals surface area contributed by atoms with Gasteiger partial charge in [0.1, 0.15) is 17.2 Å². The highest BCUT2D eigenvalue weighted by molar-refractivity contribution is 7.99. The minimum Gasteiger partial charge on any atom is -0.370 e. The van der Waals surface area contributed by atoms with E-state index in [0.29, 0.717) is 0 Å². The topological polar surface area (TPSA) is 79.4 Å². The number of hydrogen-bond donors (Lipinski definition) is 2. The minimum atomic E-state index is 0.721. The lowest BCUT2D eigenvalue weighted by molar-refractivity contribution is 0.884. The molecule has 8 heteroatoms. The summed E-state index contributed by atoms with van der Waals surface area (Å²) in [6.45, 7) is 2.86. The summed E-state index contributed by atoms with van der Waals surface area (Å²) >= 11 is 2.94. The molecule has 0 unspecified atom stereocenters. The molecule has 0 aliphatic rings. The number of nitrogens with zero attached hydrogens (tertiary/aromatic N) is 4. The van der Waals surface area contributed by atoms with Gasteiger partial charge in [0.05, 0.1) is 0 Å². The van der Waals surface area contributed by atoms with Crippen molar-refractivity contribution >= 4 is 29.3 Å². The lowest BCUT2D eigenvalue weighted by Gasteiger charge is -2.05. The molecule has 0 fully saturated rings. The van der Waals surface area contributed by atoms with E-state index in [-0.39, 0.29) is 0 Å². The maximum Gasteiger partial charge on any atom is 0.190 e. The first-order valence-electron chi connectivity index (χ1n) is 5.02. The molecular formula is C9H12N6S2. The van der Waals surface area contributed by atoms with Gasteiger partial charge in [-0.2, -0.15) is 5.10 Å². The highest BCUT2D eigenvalue weighted by atomic mass is 32.2. The van der Waals surface area contributed by atoms with Gasteiger partial charge in [-0.3, -0.25) is 5.10 Å².